The Morgan fingerprint density at radius 1 is 0.695 bits per heavy atom. The van der Waals surface area contributed by atoms with Gasteiger partial charge in [0.15, 0.2) is 0 Å². The van der Waals surface area contributed by atoms with Crippen molar-refractivity contribution in [2.45, 2.75) is 20.0 Å². The monoisotopic (exact) mass is 801 g/mol. The number of Topliss-reactive ketones (excluding diaryl/α,β-unsaturated/α-hetero) is 2. The predicted molar refractivity (Wildman–Crippen MR) is 214 cm³/mol. The molecule has 8 rings (SSSR count). The summed E-state index contributed by atoms with van der Waals surface area (Å²) in [7, 11) is 2.00. The number of hydrogen-bond acceptors (Lipinski definition) is 9. The SMILES string of the molecule is CN1CCN(C(=O)C(=O)c2cn(Cc3ccc(F)cc3)c3ncccc23)CC1.Cc1[nH]c(=O)[nH]c(=O)c1NC(=O)C(=O)c1cn(Cc2ccc(F)cc2)c2ncccc12. The molecule has 1 fully saturated rings. The number of carbonyl (C=O) groups excluding carboxylic acids is 4. The van der Waals surface area contributed by atoms with Crippen molar-refractivity contribution in [2.75, 3.05) is 38.5 Å². The van der Waals surface area contributed by atoms with Gasteiger partial charge in [-0.15, -0.1) is 0 Å². The van der Waals surface area contributed by atoms with Crippen LogP contribution in [0.5, 0.6) is 0 Å². The van der Waals surface area contributed by atoms with E-state index in [0.717, 1.165) is 24.2 Å². The summed E-state index contributed by atoms with van der Waals surface area (Å²) in [5.41, 5.74) is 1.58. The lowest BCUT2D eigenvalue weighted by atomic mass is 10.1. The van der Waals surface area contributed by atoms with Crippen LogP contribution in [0, 0.1) is 18.6 Å². The van der Waals surface area contributed by atoms with Crippen LogP contribution in [0.2, 0.25) is 0 Å². The van der Waals surface area contributed by atoms with E-state index in [-0.39, 0.29) is 28.6 Å². The number of aryl methyl sites for hydroxylation is 1. The third kappa shape index (κ3) is 8.79. The number of rotatable bonds is 9. The normalized spacial score (nSPS) is 12.9. The molecule has 3 N–H and O–H groups in total. The van der Waals surface area contributed by atoms with E-state index < -0.39 is 34.6 Å². The standard InChI is InChI=1S/C21H16FN5O4.C21H21FN4O2/c1-11-16(19(29)26-21(31)24-11)25-20(30)17(28)15-10-27(18-14(15)3-2-8-23-18)9-12-4-6-13(22)7-5-12;1-24-9-11-25(12-10-24)21(28)19(27)18-14-26(20-17(18)3-2-8-23-20)13-15-4-6-16(22)7-5-15/h2-8,10H,9H2,1H3,(H,25,30)(H2,24,26,29,31);2-8,14H,9-13H2,1H3. The Bertz CT molecular complexity index is 2840. The van der Waals surface area contributed by atoms with Crippen LogP contribution in [0.25, 0.3) is 22.1 Å². The van der Waals surface area contributed by atoms with Crippen LogP contribution in [0.1, 0.15) is 37.5 Å². The lowest BCUT2D eigenvalue weighted by molar-refractivity contribution is -0.127. The van der Waals surface area contributed by atoms with Crippen LogP contribution in [-0.4, -0.2) is 95.5 Å². The van der Waals surface area contributed by atoms with Gasteiger partial charge in [0.25, 0.3) is 28.9 Å². The number of pyridine rings is 2. The molecule has 7 aromatic rings. The Morgan fingerprint density at radius 3 is 1.68 bits per heavy atom. The van der Waals surface area contributed by atoms with Gasteiger partial charge in [-0.25, -0.2) is 23.5 Å². The van der Waals surface area contributed by atoms with Crippen molar-refractivity contribution in [3.8, 4) is 0 Å². The summed E-state index contributed by atoms with van der Waals surface area (Å²) in [5.74, 6) is -3.56. The molecule has 0 atom stereocenters. The second-order valence-electron chi connectivity index (χ2n) is 14.0. The van der Waals surface area contributed by atoms with Gasteiger partial charge in [-0.1, -0.05) is 24.3 Å². The molecule has 1 aliphatic rings. The zero-order chi connectivity index (χ0) is 41.8. The number of H-pyrrole nitrogens is 2. The number of aromatic nitrogens is 6. The molecule has 5 aromatic heterocycles. The summed E-state index contributed by atoms with van der Waals surface area (Å²) in [6.07, 6.45) is 6.38. The number of aromatic amines is 2. The third-order valence-electron chi connectivity index (χ3n) is 9.85. The Hall–Kier alpha value is -7.40. The van der Waals surface area contributed by atoms with E-state index in [2.05, 4.69) is 25.2 Å². The minimum absolute atomic E-state index is 0.0983. The molecule has 0 saturated carbocycles. The number of amides is 2. The third-order valence-corrected chi connectivity index (χ3v) is 9.85. The number of nitrogens with zero attached hydrogens (tertiary/aromatic N) is 6. The molecule has 1 saturated heterocycles. The first-order valence-electron chi connectivity index (χ1n) is 18.4. The maximum Gasteiger partial charge on any atom is 0.326 e. The van der Waals surface area contributed by atoms with Gasteiger partial charge < -0.3 is 29.2 Å². The molecule has 2 aromatic carbocycles. The second-order valence-corrected chi connectivity index (χ2v) is 14.0. The molecule has 59 heavy (non-hydrogen) atoms. The van der Waals surface area contributed by atoms with Crippen molar-refractivity contribution in [3.63, 3.8) is 0 Å². The van der Waals surface area contributed by atoms with Crippen LogP contribution >= 0.6 is 0 Å². The molecule has 17 heteroatoms. The fourth-order valence-corrected chi connectivity index (χ4v) is 6.73. The number of anilines is 1. The van der Waals surface area contributed by atoms with Gasteiger partial charge in [-0.2, -0.15) is 0 Å². The highest BCUT2D eigenvalue weighted by molar-refractivity contribution is 6.48. The summed E-state index contributed by atoms with van der Waals surface area (Å²) in [6, 6.07) is 18.9. The second kappa shape index (κ2) is 17.0. The summed E-state index contributed by atoms with van der Waals surface area (Å²) >= 11 is 0. The molecule has 0 aliphatic carbocycles. The maximum absolute atomic E-state index is 13.2. The van der Waals surface area contributed by atoms with Crippen molar-refractivity contribution in [2.24, 2.45) is 0 Å². The van der Waals surface area contributed by atoms with Gasteiger partial charge in [0, 0.05) is 80.5 Å². The molecular formula is C42H37F2N9O6. The topological polar surface area (TPSA) is 188 Å². The van der Waals surface area contributed by atoms with Crippen LogP contribution < -0.4 is 16.6 Å². The Labute approximate surface area is 333 Å². The number of ketones is 2. The van der Waals surface area contributed by atoms with Gasteiger partial charge in [0.2, 0.25) is 0 Å². The van der Waals surface area contributed by atoms with E-state index in [1.54, 1.807) is 76.6 Å². The van der Waals surface area contributed by atoms with Gasteiger partial charge in [0.05, 0.1) is 11.1 Å². The zero-order valence-corrected chi connectivity index (χ0v) is 31.9. The minimum Gasteiger partial charge on any atom is -0.333 e. The first kappa shape index (κ1) is 39.8. The van der Waals surface area contributed by atoms with E-state index in [9.17, 15) is 37.5 Å². The van der Waals surface area contributed by atoms with Gasteiger partial charge in [-0.3, -0.25) is 29.0 Å². The van der Waals surface area contributed by atoms with E-state index >= 15 is 0 Å². The largest absolute Gasteiger partial charge is 0.333 e. The number of nitrogens with one attached hydrogen (secondary N) is 3. The number of carbonyl (C=O) groups is 4. The van der Waals surface area contributed by atoms with Crippen molar-refractivity contribution in [1.29, 1.82) is 0 Å². The minimum atomic E-state index is -1.04. The van der Waals surface area contributed by atoms with E-state index in [1.807, 2.05) is 16.6 Å². The molecule has 1 aliphatic heterocycles. The highest BCUT2D eigenvalue weighted by Crippen LogP contribution is 2.24. The van der Waals surface area contributed by atoms with E-state index in [0.29, 0.717) is 53.8 Å². The summed E-state index contributed by atoms with van der Waals surface area (Å²) in [4.78, 5) is 91.2. The van der Waals surface area contributed by atoms with E-state index in [1.165, 1.54) is 37.4 Å². The quantitative estimate of drug-likeness (QED) is 0.144. The average molecular weight is 802 g/mol. The highest BCUT2D eigenvalue weighted by Gasteiger charge is 2.29. The van der Waals surface area contributed by atoms with Gasteiger partial charge in [0.1, 0.15) is 28.6 Å². The van der Waals surface area contributed by atoms with Gasteiger partial charge in [-0.05, 0) is 73.6 Å². The van der Waals surface area contributed by atoms with Crippen LogP contribution in [-0.2, 0) is 22.7 Å². The lowest BCUT2D eigenvalue weighted by Gasteiger charge is -2.31. The predicted octanol–water partition coefficient (Wildman–Crippen LogP) is 3.91. The number of piperazine rings is 1. The molecule has 0 unspecified atom stereocenters. The first-order chi connectivity index (χ1) is 28.4. The average Bonchev–Trinajstić information content (AvgIpc) is 3.78. The Balaban J connectivity index is 0.000000180. The molecule has 2 amide bonds. The summed E-state index contributed by atoms with van der Waals surface area (Å²) in [5, 5.41) is 3.37. The molecule has 15 nitrogen and oxygen atoms in total. The van der Waals surface area contributed by atoms with Gasteiger partial charge >= 0.3 is 5.69 Å². The molecule has 0 radical (unpaired) electrons. The Morgan fingerprint density at radius 2 is 1.19 bits per heavy atom. The maximum atomic E-state index is 13.2. The fraction of sp³-hybridized carbons (Fsp3) is 0.190. The number of likely N-dealkylation sites (N-methyl/N-ethyl adjacent to an activating group) is 1. The molecular weight excluding hydrogens is 765 g/mol. The molecule has 300 valence electrons. The van der Waals surface area contributed by atoms with Crippen molar-refractivity contribution < 1.29 is 28.0 Å². The summed E-state index contributed by atoms with van der Waals surface area (Å²) < 4.78 is 29.9. The van der Waals surface area contributed by atoms with Crippen LogP contribution in [0.4, 0.5) is 14.5 Å². The van der Waals surface area contributed by atoms with Crippen LogP contribution in [0.3, 0.4) is 0 Å². The number of hydrogen-bond donors (Lipinski definition) is 3. The summed E-state index contributed by atoms with van der Waals surface area (Å²) in [6.45, 7) is 4.78. The fourth-order valence-electron chi connectivity index (χ4n) is 6.73. The zero-order valence-electron chi connectivity index (χ0n) is 31.9. The highest BCUT2D eigenvalue weighted by atomic mass is 19.1. The first-order valence-corrected chi connectivity index (χ1v) is 18.4. The molecule has 0 bridgehead atoms. The molecule has 6 heterocycles. The van der Waals surface area contributed by atoms with Crippen molar-refractivity contribution >= 4 is 51.1 Å². The van der Waals surface area contributed by atoms with Crippen LogP contribution in [0.15, 0.2) is 107 Å². The van der Waals surface area contributed by atoms with E-state index in [4.69, 9.17) is 0 Å². The number of fused-ring (bicyclic) bond motifs is 2. The molecule has 0 spiro atoms. The van der Waals surface area contributed by atoms with Crippen molar-refractivity contribution in [3.05, 3.63) is 158 Å². The Kier molecular flexibility index (Phi) is 11.5. The lowest BCUT2D eigenvalue weighted by Crippen LogP contribution is -2.49. The number of halogens is 2. The smallest absolute Gasteiger partial charge is 0.326 e. The van der Waals surface area contributed by atoms with Crippen molar-refractivity contribution in [1.82, 2.24) is 38.9 Å². The number of benzene rings is 2.